The highest BCUT2D eigenvalue weighted by Gasteiger charge is 2.56. The predicted octanol–water partition coefficient (Wildman–Crippen LogP) is 4.24. The molecule has 210 valence electrons. The first-order valence-corrected chi connectivity index (χ1v) is 14.2. The fourth-order valence-corrected chi connectivity index (χ4v) is 7.17. The number of aliphatic carboxylic acids is 1. The second-order valence-corrected chi connectivity index (χ2v) is 11.7. The first kappa shape index (κ1) is 28.0. The maximum atomic E-state index is 13.7. The molecule has 0 unspecified atom stereocenters. The molecule has 0 saturated carbocycles. The summed E-state index contributed by atoms with van der Waals surface area (Å²) in [5.74, 6) is -4.51. The van der Waals surface area contributed by atoms with E-state index in [9.17, 15) is 29.1 Å². The van der Waals surface area contributed by atoms with Crippen LogP contribution in [0.1, 0.15) is 56.9 Å². The standard InChI is InChI=1S/C30H30BrNO8/c1-14-10-21(33)26-20(27(14)36)13-18-16(24(26)19-11-15(31)12-22(40-2)28(19)37)7-8-17-25(18)30(39)32(29(17)38)9-5-3-4-6-23(34)35/h7,10-12,17-18,24-25,37H,3-6,8-9,13H2,1-2H3,(H,34,35)/t17-,18+,24+,25-/m0/s1. The summed E-state index contributed by atoms with van der Waals surface area (Å²) < 4.78 is 5.97. The van der Waals surface area contributed by atoms with Gasteiger partial charge in [0.2, 0.25) is 11.8 Å². The summed E-state index contributed by atoms with van der Waals surface area (Å²) >= 11 is 3.45. The molecule has 4 atom stereocenters. The van der Waals surface area contributed by atoms with Crippen molar-refractivity contribution in [2.24, 2.45) is 17.8 Å². The largest absolute Gasteiger partial charge is 0.504 e. The molecule has 1 aromatic carbocycles. The van der Waals surface area contributed by atoms with Gasteiger partial charge in [0.15, 0.2) is 23.1 Å². The smallest absolute Gasteiger partial charge is 0.303 e. The molecule has 40 heavy (non-hydrogen) atoms. The van der Waals surface area contributed by atoms with Crippen molar-refractivity contribution in [3.8, 4) is 11.5 Å². The monoisotopic (exact) mass is 611 g/mol. The van der Waals surface area contributed by atoms with Crippen LogP contribution < -0.4 is 4.74 Å². The maximum Gasteiger partial charge on any atom is 0.303 e. The number of ether oxygens (including phenoxy) is 1. The molecule has 0 radical (unpaired) electrons. The topological polar surface area (TPSA) is 138 Å². The van der Waals surface area contributed by atoms with Gasteiger partial charge in [-0.2, -0.15) is 0 Å². The molecule has 5 rings (SSSR count). The lowest BCUT2D eigenvalue weighted by atomic mass is 9.59. The van der Waals surface area contributed by atoms with Crippen molar-refractivity contribution in [1.29, 1.82) is 0 Å². The van der Waals surface area contributed by atoms with Gasteiger partial charge in [0, 0.05) is 45.6 Å². The number of benzene rings is 1. The van der Waals surface area contributed by atoms with Gasteiger partial charge in [0.25, 0.3) is 0 Å². The average molecular weight is 612 g/mol. The Morgan fingerprint density at radius 2 is 1.85 bits per heavy atom. The zero-order valence-corrected chi connectivity index (χ0v) is 23.8. The van der Waals surface area contributed by atoms with E-state index in [0.717, 1.165) is 5.57 Å². The van der Waals surface area contributed by atoms with Gasteiger partial charge >= 0.3 is 5.97 Å². The molecule has 3 aliphatic carbocycles. The highest BCUT2D eigenvalue weighted by atomic mass is 79.9. The number of aromatic hydroxyl groups is 1. The number of ketones is 2. The minimum Gasteiger partial charge on any atom is -0.504 e. The Kier molecular flexibility index (Phi) is 7.56. The third kappa shape index (κ3) is 4.62. The molecule has 2 N–H and O–H groups in total. The zero-order valence-electron chi connectivity index (χ0n) is 22.2. The average Bonchev–Trinajstić information content (AvgIpc) is 3.16. The van der Waals surface area contributed by atoms with Crippen LogP contribution in [0.2, 0.25) is 0 Å². The molecule has 0 aromatic heterocycles. The van der Waals surface area contributed by atoms with Crippen molar-refractivity contribution in [1.82, 2.24) is 4.90 Å². The molecular weight excluding hydrogens is 582 g/mol. The van der Waals surface area contributed by atoms with E-state index in [4.69, 9.17) is 9.84 Å². The fourth-order valence-electron chi connectivity index (χ4n) is 6.72. The van der Waals surface area contributed by atoms with Crippen LogP contribution in [0.15, 0.2) is 51.0 Å². The molecular formula is C30H30BrNO8. The Labute approximate surface area is 239 Å². The highest BCUT2D eigenvalue weighted by Crippen LogP contribution is 2.57. The maximum absolute atomic E-state index is 13.7. The van der Waals surface area contributed by atoms with E-state index in [1.807, 2.05) is 6.08 Å². The molecule has 4 aliphatic rings. The molecule has 9 nitrogen and oxygen atoms in total. The molecule has 1 saturated heterocycles. The summed E-state index contributed by atoms with van der Waals surface area (Å²) in [5.41, 5.74) is 2.06. The molecule has 1 aliphatic heterocycles. The first-order valence-electron chi connectivity index (χ1n) is 13.4. The number of phenolic OH excluding ortho intramolecular Hbond substituents is 1. The number of unbranched alkanes of at least 4 members (excludes halogenated alkanes) is 2. The van der Waals surface area contributed by atoms with Crippen LogP contribution >= 0.6 is 15.9 Å². The van der Waals surface area contributed by atoms with Crippen molar-refractivity contribution in [3.63, 3.8) is 0 Å². The van der Waals surface area contributed by atoms with Crippen LogP contribution in [0.4, 0.5) is 0 Å². The van der Waals surface area contributed by atoms with Crippen molar-refractivity contribution < 1.29 is 38.9 Å². The summed E-state index contributed by atoms with van der Waals surface area (Å²) in [6.07, 6.45) is 5.28. The van der Waals surface area contributed by atoms with Gasteiger partial charge in [-0.3, -0.25) is 28.9 Å². The predicted molar refractivity (Wildman–Crippen MR) is 147 cm³/mol. The number of imide groups is 1. The van der Waals surface area contributed by atoms with E-state index < -0.39 is 29.6 Å². The minimum atomic E-state index is -0.881. The number of phenols is 1. The SMILES string of the molecule is COc1cc(Br)cc([C@H]2C3=CC[C@@H]4C(=O)N(CCCCCC(=O)O)C(=O)[C@@H]4[C@@H]3CC3=C2C(=O)C=C(C)C3=O)c1O. The van der Waals surface area contributed by atoms with Crippen LogP contribution in [-0.2, 0) is 24.0 Å². The number of hydrogen-bond acceptors (Lipinski definition) is 7. The lowest BCUT2D eigenvalue weighted by Gasteiger charge is -2.42. The van der Waals surface area contributed by atoms with E-state index in [1.165, 1.54) is 18.1 Å². The van der Waals surface area contributed by atoms with Crippen molar-refractivity contribution in [2.75, 3.05) is 13.7 Å². The van der Waals surface area contributed by atoms with E-state index in [2.05, 4.69) is 15.9 Å². The molecule has 10 heteroatoms. The van der Waals surface area contributed by atoms with Gasteiger partial charge in [-0.1, -0.05) is 34.0 Å². The van der Waals surface area contributed by atoms with Crippen LogP contribution in [0.5, 0.6) is 11.5 Å². The van der Waals surface area contributed by atoms with Gasteiger partial charge in [-0.15, -0.1) is 0 Å². The number of methoxy groups -OCH3 is 1. The third-order valence-corrected chi connectivity index (χ3v) is 8.98. The van der Waals surface area contributed by atoms with Crippen LogP contribution in [0, 0.1) is 17.8 Å². The van der Waals surface area contributed by atoms with Crippen LogP contribution in [0.25, 0.3) is 0 Å². The molecule has 1 heterocycles. The molecule has 0 bridgehead atoms. The van der Waals surface area contributed by atoms with E-state index in [1.54, 1.807) is 19.1 Å². The normalized spacial score (nSPS) is 25.8. The third-order valence-electron chi connectivity index (χ3n) is 8.53. The molecule has 1 fully saturated rings. The van der Waals surface area contributed by atoms with Crippen molar-refractivity contribution >= 4 is 45.3 Å². The van der Waals surface area contributed by atoms with E-state index >= 15 is 0 Å². The van der Waals surface area contributed by atoms with Crippen LogP contribution in [0.3, 0.4) is 0 Å². The minimum absolute atomic E-state index is 0.0369. The Balaban J connectivity index is 1.54. The summed E-state index contributed by atoms with van der Waals surface area (Å²) in [4.78, 5) is 66.0. The number of likely N-dealkylation sites (tertiary alicyclic amines) is 1. The van der Waals surface area contributed by atoms with Gasteiger partial charge in [0.1, 0.15) is 0 Å². The zero-order chi connectivity index (χ0) is 28.9. The lowest BCUT2D eigenvalue weighted by molar-refractivity contribution is -0.141. The Morgan fingerprint density at radius 1 is 1.10 bits per heavy atom. The quantitative estimate of drug-likeness (QED) is 0.193. The number of allylic oxidation sites excluding steroid dienone is 6. The van der Waals surface area contributed by atoms with Gasteiger partial charge in [-0.05, 0) is 56.7 Å². The van der Waals surface area contributed by atoms with E-state index in [0.29, 0.717) is 52.4 Å². The number of carboxylic acids is 1. The number of rotatable bonds is 8. The second kappa shape index (κ2) is 10.8. The number of fused-ring (bicyclic) bond motifs is 3. The summed E-state index contributed by atoms with van der Waals surface area (Å²) in [7, 11) is 1.42. The number of amides is 2. The van der Waals surface area contributed by atoms with Crippen molar-refractivity contribution in [3.05, 3.63) is 56.6 Å². The number of halogens is 1. The van der Waals surface area contributed by atoms with E-state index in [-0.39, 0.29) is 54.3 Å². The summed E-state index contributed by atoms with van der Waals surface area (Å²) in [6.45, 7) is 1.80. The number of carbonyl (C=O) groups is 5. The van der Waals surface area contributed by atoms with Gasteiger partial charge in [-0.25, -0.2) is 0 Å². The first-order chi connectivity index (χ1) is 19.0. The molecule has 2 amide bonds. The molecule has 1 aromatic rings. The Morgan fingerprint density at radius 3 is 2.55 bits per heavy atom. The number of carbonyl (C=O) groups excluding carboxylic acids is 4. The molecule has 0 spiro atoms. The second-order valence-electron chi connectivity index (χ2n) is 10.8. The number of nitrogens with zero attached hydrogens (tertiary/aromatic N) is 1. The van der Waals surface area contributed by atoms with Gasteiger partial charge < -0.3 is 14.9 Å². The number of hydrogen-bond donors (Lipinski definition) is 2. The van der Waals surface area contributed by atoms with Gasteiger partial charge in [0.05, 0.1) is 18.9 Å². The highest BCUT2D eigenvalue weighted by molar-refractivity contribution is 9.10. The Hall–Kier alpha value is -3.53. The van der Waals surface area contributed by atoms with Crippen LogP contribution in [-0.4, -0.2) is 58.1 Å². The summed E-state index contributed by atoms with van der Waals surface area (Å²) in [6, 6.07) is 3.29. The van der Waals surface area contributed by atoms with Crippen molar-refractivity contribution in [2.45, 2.75) is 51.4 Å². The lowest BCUT2D eigenvalue weighted by Crippen LogP contribution is -2.40. The number of Topliss-reactive ketones (excluding diaryl/α,β-unsaturated/α-hetero) is 1. The number of carboxylic acid groups (broad SMARTS) is 1. The Bertz CT molecular complexity index is 1440. The fraction of sp³-hybridized carbons (Fsp3) is 0.433. The summed E-state index contributed by atoms with van der Waals surface area (Å²) in [5, 5.41) is 20.0.